The zero-order chi connectivity index (χ0) is 35.5. The lowest BCUT2D eigenvalue weighted by Crippen LogP contribution is -2.21. The molecule has 16 nitrogen and oxygen atoms in total. The smallest absolute Gasteiger partial charge is 0.411 e. The normalized spacial score (nSPS) is 10.6. The number of benzene rings is 2. The number of ether oxygens (including phenoxy) is 6. The first-order chi connectivity index (χ1) is 22.9. The number of aryl methyl sites for hydroxylation is 1. The Bertz CT molecular complexity index is 1490. The molecule has 258 valence electrons. The number of amides is 4. The van der Waals surface area contributed by atoms with E-state index in [9.17, 15) is 28.8 Å². The Hall–Kier alpha value is -6.06. The molecule has 4 amide bonds. The van der Waals surface area contributed by atoms with Crippen LogP contribution in [-0.4, -0.2) is 76.0 Å². The summed E-state index contributed by atoms with van der Waals surface area (Å²) >= 11 is 0. The molecule has 0 fully saturated rings. The number of hydrogen-bond donors (Lipinski definition) is 4. The number of rotatable bonds is 16. The average Bonchev–Trinajstić information content (AvgIpc) is 3.04. The summed E-state index contributed by atoms with van der Waals surface area (Å²) in [5.74, 6) is -1.56. The van der Waals surface area contributed by atoms with Gasteiger partial charge < -0.3 is 28.4 Å². The third kappa shape index (κ3) is 14.8. The van der Waals surface area contributed by atoms with Crippen LogP contribution in [0.3, 0.4) is 0 Å². The number of nitrogens with one attached hydrogen (secondary N) is 4. The van der Waals surface area contributed by atoms with Crippen molar-refractivity contribution in [1.82, 2.24) is 0 Å². The number of carbonyl (C=O) groups is 6. The summed E-state index contributed by atoms with van der Waals surface area (Å²) in [5, 5.41) is 9.97. The monoisotopic (exact) mass is 670 g/mol. The molecule has 0 heterocycles. The van der Waals surface area contributed by atoms with Crippen LogP contribution in [0.2, 0.25) is 0 Å². The van der Waals surface area contributed by atoms with Crippen molar-refractivity contribution in [2.45, 2.75) is 20.8 Å². The molecule has 2 rings (SSSR count). The lowest BCUT2D eigenvalue weighted by atomic mass is 10.2. The first-order valence-corrected chi connectivity index (χ1v) is 14.5. The van der Waals surface area contributed by atoms with Gasteiger partial charge in [-0.15, -0.1) is 6.58 Å². The van der Waals surface area contributed by atoms with E-state index in [-0.39, 0.29) is 45.2 Å². The van der Waals surface area contributed by atoms with Gasteiger partial charge in [0.05, 0.1) is 5.92 Å². The molecule has 16 heteroatoms. The Morgan fingerprint density at radius 2 is 1.10 bits per heavy atom. The molecular formula is C32H38N4O12. The molecule has 1 atom stereocenters. The molecule has 0 saturated carbocycles. The minimum Gasteiger partial charge on any atom is -0.462 e. The lowest BCUT2D eigenvalue weighted by Gasteiger charge is -2.13. The average molecular weight is 671 g/mol. The van der Waals surface area contributed by atoms with Gasteiger partial charge in [-0.05, 0) is 56.7 Å². The van der Waals surface area contributed by atoms with Crippen molar-refractivity contribution in [2.75, 3.05) is 60.9 Å². The van der Waals surface area contributed by atoms with Crippen molar-refractivity contribution in [3.05, 3.63) is 72.8 Å². The van der Waals surface area contributed by atoms with Crippen LogP contribution in [0.1, 0.15) is 19.4 Å². The highest BCUT2D eigenvalue weighted by Gasteiger charge is 2.13. The maximum atomic E-state index is 12.3. The highest BCUT2D eigenvalue weighted by molar-refractivity contribution is 5.90. The van der Waals surface area contributed by atoms with E-state index in [1.54, 1.807) is 44.2 Å². The van der Waals surface area contributed by atoms with E-state index in [4.69, 9.17) is 28.4 Å². The second kappa shape index (κ2) is 20.1. The van der Waals surface area contributed by atoms with Gasteiger partial charge in [0, 0.05) is 28.3 Å². The highest BCUT2D eigenvalue weighted by atomic mass is 16.6. The van der Waals surface area contributed by atoms with Gasteiger partial charge in [0.15, 0.2) is 0 Å². The summed E-state index contributed by atoms with van der Waals surface area (Å²) in [6, 6.07) is 10.8. The number of hydrogen-bond acceptors (Lipinski definition) is 12. The van der Waals surface area contributed by atoms with Gasteiger partial charge in [0.1, 0.15) is 39.6 Å². The fraction of sp³-hybridized carbons (Fsp3) is 0.312. The van der Waals surface area contributed by atoms with Crippen molar-refractivity contribution < 1.29 is 57.2 Å². The van der Waals surface area contributed by atoms with Gasteiger partial charge in [-0.2, -0.15) is 0 Å². The van der Waals surface area contributed by atoms with Gasteiger partial charge in [-0.3, -0.25) is 26.1 Å². The molecule has 1 unspecified atom stereocenters. The fourth-order valence-electron chi connectivity index (χ4n) is 3.28. The summed E-state index contributed by atoms with van der Waals surface area (Å²) < 4.78 is 29.8. The summed E-state index contributed by atoms with van der Waals surface area (Å²) in [4.78, 5) is 71.4. The lowest BCUT2D eigenvalue weighted by molar-refractivity contribution is -0.147. The third-order valence-electron chi connectivity index (χ3n) is 5.81. The quantitative estimate of drug-likeness (QED) is 0.0584. The Labute approximate surface area is 276 Å². The topological polar surface area (TPSA) is 206 Å². The molecule has 0 aliphatic carbocycles. The van der Waals surface area contributed by atoms with Crippen molar-refractivity contribution in [2.24, 2.45) is 5.92 Å². The van der Waals surface area contributed by atoms with Gasteiger partial charge in [-0.25, -0.2) is 24.0 Å². The van der Waals surface area contributed by atoms with Crippen molar-refractivity contribution in [3.63, 3.8) is 0 Å². The maximum Gasteiger partial charge on any atom is 0.411 e. The predicted molar refractivity (Wildman–Crippen MR) is 174 cm³/mol. The van der Waals surface area contributed by atoms with E-state index < -0.39 is 42.2 Å². The van der Waals surface area contributed by atoms with Gasteiger partial charge in [0.2, 0.25) is 0 Å². The van der Waals surface area contributed by atoms with Crippen LogP contribution >= 0.6 is 0 Å². The third-order valence-corrected chi connectivity index (χ3v) is 5.81. The first kappa shape index (κ1) is 38.1. The number of anilines is 4. The fourth-order valence-corrected chi connectivity index (χ4v) is 3.28. The molecule has 0 aliphatic rings. The summed E-state index contributed by atoms with van der Waals surface area (Å²) in [6.45, 7) is 10.7. The van der Waals surface area contributed by atoms with Crippen molar-refractivity contribution in [3.8, 4) is 0 Å². The van der Waals surface area contributed by atoms with Crippen LogP contribution in [0.25, 0.3) is 0 Å². The van der Waals surface area contributed by atoms with Crippen LogP contribution in [0, 0.1) is 12.8 Å². The largest absolute Gasteiger partial charge is 0.462 e. The van der Waals surface area contributed by atoms with E-state index >= 15 is 0 Å². The maximum absolute atomic E-state index is 12.3. The molecule has 4 N–H and O–H groups in total. The Kier molecular flexibility index (Phi) is 16.0. The molecular weight excluding hydrogens is 632 g/mol. The van der Waals surface area contributed by atoms with Crippen LogP contribution in [0.15, 0.2) is 67.3 Å². The molecule has 0 bridgehead atoms. The Balaban J connectivity index is 1.69. The van der Waals surface area contributed by atoms with E-state index in [1.165, 1.54) is 25.1 Å². The van der Waals surface area contributed by atoms with E-state index in [0.717, 1.165) is 0 Å². The van der Waals surface area contributed by atoms with Gasteiger partial charge in [-0.1, -0.05) is 24.8 Å². The SMILES string of the molecule is C=CC(C)C(=O)OCCOC(=O)Nc1ccc(C)c(NC(=O)OCCOC(=O)Nc2cccc(NC(=O)OCCOC(=O)C(=C)C)c2)c1. The molecule has 0 radical (unpaired) electrons. The van der Waals surface area contributed by atoms with Crippen LogP contribution in [0.5, 0.6) is 0 Å². The summed E-state index contributed by atoms with van der Waals surface area (Å²) in [5.41, 5.74) is 2.14. The van der Waals surface area contributed by atoms with Gasteiger partial charge in [0.25, 0.3) is 0 Å². The Morgan fingerprint density at radius 1 is 0.667 bits per heavy atom. The van der Waals surface area contributed by atoms with Crippen LogP contribution in [-0.2, 0) is 38.0 Å². The Morgan fingerprint density at radius 3 is 1.58 bits per heavy atom. The standard InChI is InChI=1S/C32H38N4O12/c1-6-21(4)28(38)44-13-15-46-31(41)35-25-11-10-22(5)26(19-25)36-32(42)48-17-16-47-30(40)34-24-9-7-8-23(18-24)33-29(39)45-14-12-43-27(37)20(2)3/h6-11,18-19,21H,1-2,12-17H2,3-5H3,(H,33,39)(H,34,40)(H,35,41)(H,36,42). The van der Waals surface area contributed by atoms with Crippen LogP contribution in [0.4, 0.5) is 41.9 Å². The second-order valence-electron chi connectivity index (χ2n) is 9.76. The van der Waals surface area contributed by atoms with Gasteiger partial charge >= 0.3 is 36.3 Å². The summed E-state index contributed by atoms with van der Waals surface area (Å²) in [6.07, 6.45) is -1.84. The minimum absolute atomic E-state index is 0.120. The molecule has 0 aliphatic heterocycles. The van der Waals surface area contributed by atoms with Crippen molar-refractivity contribution in [1.29, 1.82) is 0 Å². The number of carbonyl (C=O) groups excluding carboxylic acids is 6. The zero-order valence-corrected chi connectivity index (χ0v) is 26.8. The zero-order valence-electron chi connectivity index (χ0n) is 26.8. The molecule has 2 aromatic rings. The van der Waals surface area contributed by atoms with Crippen molar-refractivity contribution >= 4 is 59.1 Å². The van der Waals surface area contributed by atoms with Crippen LogP contribution < -0.4 is 21.3 Å². The highest BCUT2D eigenvalue weighted by Crippen LogP contribution is 2.21. The molecule has 0 aromatic heterocycles. The number of esters is 2. The molecule has 0 spiro atoms. The summed E-state index contributed by atoms with van der Waals surface area (Å²) in [7, 11) is 0. The molecule has 48 heavy (non-hydrogen) atoms. The molecule has 0 saturated heterocycles. The predicted octanol–water partition coefficient (Wildman–Crippen LogP) is 5.37. The second-order valence-corrected chi connectivity index (χ2v) is 9.76. The van der Waals surface area contributed by atoms with E-state index in [1.807, 2.05) is 0 Å². The van der Waals surface area contributed by atoms with E-state index in [2.05, 4.69) is 34.4 Å². The first-order valence-electron chi connectivity index (χ1n) is 14.5. The van der Waals surface area contributed by atoms with E-state index in [0.29, 0.717) is 28.3 Å². The minimum atomic E-state index is -0.843. The molecule has 2 aromatic carbocycles.